The summed E-state index contributed by atoms with van der Waals surface area (Å²) in [5, 5.41) is 10.7. The molecule has 1 aromatic heterocycles. The van der Waals surface area contributed by atoms with Crippen LogP contribution < -0.4 is 9.46 Å². The third kappa shape index (κ3) is 3.69. The van der Waals surface area contributed by atoms with E-state index in [1.807, 2.05) is 24.3 Å². The van der Waals surface area contributed by atoms with Crippen molar-refractivity contribution in [2.24, 2.45) is 0 Å². The number of aryl methyl sites for hydroxylation is 1. The van der Waals surface area contributed by atoms with Crippen LogP contribution in [0.1, 0.15) is 25.8 Å². The van der Waals surface area contributed by atoms with Gasteiger partial charge in [0.1, 0.15) is 11.8 Å². The lowest BCUT2D eigenvalue weighted by atomic mass is 10.1. The molecule has 1 heterocycles. The maximum Gasteiger partial charge on any atom is 0.232 e. The molecule has 2 aromatic carbocycles. The second-order valence-corrected chi connectivity index (χ2v) is 8.47. The summed E-state index contributed by atoms with van der Waals surface area (Å²) in [7, 11) is -1.76. The van der Waals surface area contributed by atoms with E-state index in [1.54, 1.807) is 32.2 Å². The van der Waals surface area contributed by atoms with E-state index in [1.165, 1.54) is 0 Å². The molecule has 0 fully saturated rings. The van der Waals surface area contributed by atoms with E-state index < -0.39 is 10.0 Å². The average Bonchev–Trinajstić information content (AvgIpc) is 3.01. The number of fused-ring (bicyclic) bond motifs is 1. The number of nitrogens with zero attached hydrogens (tertiary/aromatic N) is 2. The van der Waals surface area contributed by atoms with Crippen molar-refractivity contribution in [3.05, 3.63) is 48.0 Å². The Kier molecular flexibility index (Phi) is 5.61. The zero-order valence-corrected chi connectivity index (χ0v) is 17.0. The van der Waals surface area contributed by atoms with Crippen LogP contribution in [0.5, 0.6) is 5.75 Å². The highest BCUT2D eigenvalue weighted by Crippen LogP contribution is 2.36. The molecule has 146 valence electrons. The summed E-state index contributed by atoms with van der Waals surface area (Å²) in [5.74, 6) is 0.721. The van der Waals surface area contributed by atoms with E-state index in [2.05, 4.69) is 22.3 Å². The molecule has 28 heavy (non-hydrogen) atoms. The van der Waals surface area contributed by atoms with Crippen molar-refractivity contribution in [3.63, 3.8) is 0 Å². The summed E-state index contributed by atoms with van der Waals surface area (Å²) in [6.07, 6.45) is 0.890. The van der Waals surface area contributed by atoms with Crippen molar-refractivity contribution < 1.29 is 13.2 Å². The quantitative estimate of drug-likeness (QED) is 0.642. The summed E-state index contributed by atoms with van der Waals surface area (Å²) >= 11 is 0. The fraction of sp³-hybridized carbons (Fsp3) is 0.286. The molecule has 0 saturated heterocycles. The molecule has 0 saturated carbocycles. The highest BCUT2D eigenvalue weighted by molar-refractivity contribution is 7.92. The molecule has 7 heteroatoms. The largest absolute Gasteiger partial charge is 0.497 e. The summed E-state index contributed by atoms with van der Waals surface area (Å²) < 4.78 is 33.9. The summed E-state index contributed by atoms with van der Waals surface area (Å²) in [6.45, 7) is 4.39. The van der Waals surface area contributed by atoms with E-state index in [0.717, 1.165) is 40.9 Å². The Morgan fingerprint density at radius 2 is 1.96 bits per heavy atom. The zero-order chi connectivity index (χ0) is 20.3. The van der Waals surface area contributed by atoms with Crippen molar-refractivity contribution in [1.82, 2.24) is 4.57 Å². The first-order valence-electron chi connectivity index (χ1n) is 9.15. The number of methoxy groups -OCH3 is 1. The van der Waals surface area contributed by atoms with E-state index >= 15 is 0 Å². The second kappa shape index (κ2) is 7.95. The van der Waals surface area contributed by atoms with Crippen LogP contribution in [0.15, 0.2) is 42.5 Å². The summed E-state index contributed by atoms with van der Waals surface area (Å²) in [5.41, 5.74) is 3.55. The molecule has 6 nitrogen and oxygen atoms in total. The SMILES string of the molecule is CCCn1c(-c2cccc(NS(=O)(=O)CC)c2)c(C#N)c2ccc(OC)cc21. The van der Waals surface area contributed by atoms with Gasteiger partial charge in [-0.15, -0.1) is 0 Å². The summed E-state index contributed by atoms with van der Waals surface area (Å²) in [6, 6.07) is 15.2. The fourth-order valence-electron chi connectivity index (χ4n) is 3.31. The molecule has 3 rings (SSSR count). The van der Waals surface area contributed by atoms with Gasteiger partial charge in [0.25, 0.3) is 0 Å². The zero-order valence-electron chi connectivity index (χ0n) is 16.2. The van der Waals surface area contributed by atoms with Gasteiger partial charge in [-0.3, -0.25) is 4.72 Å². The number of nitriles is 1. The van der Waals surface area contributed by atoms with Crippen molar-refractivity contribution in [1.29, 1.82) is 5.26 Å². The normalized spacial score (nSPS) is 11.4. The first-order chi connectivity index (χ1) is 13.4. The molecule has 0 atom stereocenters. The molecule has 3 aromatic rings. The smallest absolute Gasteiger partial charge is 0.232 e. The van der Waals surface area contributed by atoms with Crippen LogP contribution in [-0.4, -0.2) is 25.8 Å². The summed E-state index contributed by atoms with van der Waals surface area (Å²) in [4.78, 5) is 0. The van der Waals surface area contributed by atoms with E-state index in [-0.39, 0.29) is 5.75 Å². The molecule has 0 radical (unpaired) electrons. The van der Waals surface area contributed by atoms with Gasteiger partial charge in [-0.05, 0) is 37.6 Å². The van der Waals surface area contributed by atoms with Crippen LogP contribution in [0, 0.1) is 11.3 Å². The molecule has 0 aliphatic rings. The molecule has 0 spiro atoms. The minimum Gasteiger partial charge on any atom is -0.497 e. The first kappa shape index (κ1) is 19.8. The van der Waals surface area contributed by atoms with Gasteiger partial charge in [0.15, 0.2) is 0 Å². The van der Waals surface area contributed by atoms with Gasteiger partial charge >= 0.3 is 0 Å². The molecular weight excluding hydrogens is 374 g/mol. The van der Waals surface area contributed by atoms with Crippen LogP contribution in [0.2, 0.25) is 0 Å². The Balaban J connectivity index is 2.25. The predicted octanol–water partition coefficient (Wildman–Crippen LogP) is 4.36. The number of hydrogen-bond donors (Lipinski definition) is 1. The van der Waals surface area contributed by atoms with Crippen molar-refractivity contribution >= 4 is 26.6 Å². The number of benzene rings is 2. The Bertz CT molecular complexity index is 1160. The van der Waals surface area contributed by atoms with Crippen molar-refractivity contribution in [3.8, 4) is 23.1 Å². The topological polar surface area (TPSA) is 84.1 Å². The highest BCUT2D eigenvalue weighted by atomic mass is 32.2. The predicted molar refractivity (Wildman–Crippen MR) is 112 cm³/mol. The van der Waals surface area contributed by atoms with Crippen LogP contribution >= 0.6 is 0 Å². The number of hydrogen-bond acceptors (Lipinski definition) is 4. The molecule has 0 amide bonds. The third-order valence-electron chi connectivity index (χ3n) is 4.62. The number of anilines is 1. The molecule has 0 aliphatic carbocycles. The van der Waals surface area contributed by atoms with Gasteiger partial charge in [-0.25, -0.2) is 8.42 Å². The first-order valence-corrected chi connectivity index (χ1v) is 10.8. The van der Waals surface area contributed by atoms with Crippen LogP contribution in [0.4, 0.5) is 5.69 Å². The number of rotatable bonds is 7. The fourth-order valence-corrected chi connectivity index (χ4v) is 3.94. The third-order valence-corrected chi connectivity index (χ3v) is 5.93. The van der Waals surface area contributed by atoms with Crippen LogP contribution in [0.25, 0.3) is 22.2 Å². The monoisotopic (exact) mass is 397 g/mol. The second-order valence-electron chi connectivity index (χ2n) is 6.46. The molecule has 0 unspecified atom stereocenters. The van der Waals surface area contributed by atoms with E-state index in [4.69, 9.17) is 4.74 Å². The maximum absolute atomic E-state index is 11.9. The van der Waals surface area contributed by atoms with E-state index in [0.29, 0.717) is 11.3 Å². The number of ether oxygens (including phenoxy) is 1. The number of sulfonamides is 1. The number of aromatic nitrogens is 1. The van der Waals surface area contributed by atoms with Gasteiger partial charge in [-0.2, -0.15) is 5.26 Å². The minimum atomic E-state index is -3.38. The lowest BCUT2D eigenvalue weighted by Crippen LogP contribution is -2.14. The highest BCUT2D eigenvalue weighted by Gasteiger charge is 2.19. The van der Waals surface area contributed by atoms with Gasteiger partial charge in [0, 0.05) is 29.2 Å². The Morgan fingerprint density at radius 3 is 2.61 bits per heavy atom. The van der Waals surface area contributed by atoms with Gasteiger partial charge < -0.3 is 9.30 Å². The van der Waals surface area contributed by atoms with Crippen molar-refractivity contribution in [2.75, 3.05) is 17.6 Å². The number of nitrogens with one attached hydrogen (secondary N) is 1. The van der Waals surface area contributed by atoms with Gasteiger partial charge in [-0.1, -0.05) is 19.1 Å². The van der Waals surface area contributed by atoms with Crippen molar-refractivity contribution in [2.45, 2.75) is 26.8 Å². The lowest BCUT2D eigenvalue weighted by molar-refractivity contribution is 0.415. The molecule has 0 aliphatic heterocycles. The minimum absolute atomic E-state index is 0.00341. The lowest BCUT2D eigenvalue weighted by Gasteiger charge is -2.12. The molecule has 1 N–H and O–H groups in total. The molecule has 0 bridgehead atoms. The van der Waals surface area contributed by atoms with E-state index in [9.17, 15) is 13.7 Å². The van der Waals surface area contributed by atoms with Gasteiger partial charge in [0.2, 0.25) is 10.0 Å². The average molecular weight is 398 g/mol. The molecular formula is C21H23N3O3S. The van der Waals surface area contributed by atoms with Crippen LogP contribution in [-0.2, 0) is 16.6 Å². The standard InChI is InChI=1S/C21H23N3O3S/c1-4-11-24-20-13-17(27-3)9-10-18(20)19(14-22)21(24)15-7-6-8-16(12-15)23-28(25,26)5-2/h6-10,12-13,23H,4-5,11H2,1-3H3. The Labute approximate surface area is 165 Å². The van der Waals surface area contributed by atoms with Gasteiger partial charge in [0.05, 0.1) is 29.6 Å². The maximum atomic E-state index is 11.9. The van der Waals surface area contributed by atoms with Crippen LogP contribution in [0.3, 0.4) is 0 Å². The Morgan fingerprint density at radius 1 is 1.18 bits per heavy atom. The Hall–Kier alpha value is -2.98.